The van der Waals surface area contributed by atoms with Crippen molar-refractivity contribution in [1.29, 1.82) is 0 Å². The number of aliphatic carboxylic acids is 1. The van der Waals surface area contributed by atoms with Gasteiger partial charge in [-0.1, -0.05) is 0 Å². The number of H-pyrrole nitrogens is 1. The number of nitrogens with one attached hydrogen (secondary N) is 1. The molecule has 6 heteroatoms. The molecule has 2 rings (SSSR count). The van der Waals surface area contributed by atoms with E-state index in [1.54, 1.807) is 0 Å². The molecule has 0 bridgehead atoms. The van der Waals surface area contributed by atoms with Gasteiger partial charge in [-0.2, -0.15) is 13.2 Å². The molecular formula is C13H12F3NO2. The minimum atomic E-state index is -4.41. The third-order valence-electron chi connectivity index (χ3n) is 3.16. The van der Waals surface area contributed by atoms with E-state index in [0.717, 1.165) is 12.1 Å². The Morgan fingerprint density at radius 3 is 2.37 bits per heavy atom. The number of hydrogen-bond donors (Lipinski definition) is 2. The van der Waals surface area contributed by atoms with Crippen LogP contribution in [0.25, 0.3) is 10.9 Å². The van der Waals surface area contributed by atoms with Gasteiger partial charge in [0.2, 0.25) is 0 Å². The molecule has 0 saturated heterocycles. The predicted molar refractivity (Wildman–Crippen MR) is 64.0 cm³/mol. The summed E-state index contributed by atoms with van der Waals surface area (Å²) in [6.45, 7) is 2.98. The number of carboxylic acids is 1. The summed E-state index contributed by atoms with van der Waals surface area (Å²) in [4.78, 5) is 14.0. The maximum Gasteiger partial charge on any atom is 0.416 e. The molecule has 0 saturated carbocycles. The zero-order valence-corrected chi connectivity index (χ0v) is 10.3. The zero-order chi connectivity index (χ0) is 14.4. The molecule has 0 unspecified atom stereocenters. The van der Waals surface area contributed by atoms with E-state index in [4.69, 9.17) is 5.11 Å². The van der Waals surface area contributed by atoms with Crippen LogP contribution in [0.15, 0.2) is 24.3 Å². The van der Waals surface area contributed by atoms with Gasteiger partial charge in [0.1, 0.15) is 5.41 Å². The number of benzene rings is 1. The van der Waals surface area contributed by atoms with E-state index >= 15 is 0 Å². The van der Waals surface area contributed by atoms with Gasteiger partial charge in [-0.15, -0.1) is 0 Å². The van der Waals surface area contributed by atoms with Crippen molar-refractivity contribution < 1.29 is 23.1 Å². The van der Waals surface area contributed by atoms with Crippen LogP contribution in [0.1, 0.15) is 25.1 Å². The Morgan fingerprint density at radius 1 is 1.21 bits per heavy atom. The van der Waals surface area contributed by atoms with Crippen molar-refractivity contribution in [2.75, 3.05) is 0 Å². The Balaban J connectivity index is 2.56. The van der Waals surface area contributed by atoms with Gasteiger partial charge in [0.05, 0.1) is 5.56 Å². The van der Waals surface area contributed by atoms with Crippen molar-refractivity contribution in [2.45, 2.75) is 25.4 Å². The van der Waals surface area contributed by atoms with E-state index in [0.29, 0.717) is 16.6 Å². The Bertz CT molecular complexity index is 641. The number of fused-ring (bicyclic) bond motifs is 1. The van der Waals surface area contributed by atoms with Crippen LogP contribution in [0.4, 0.5) is 13.2 Å². The van der Waals surface area contributed by atoms with Crippen molar-refractivity contribution in [3.05, 3.63) is 35.5 Å². The van der Waals surface area contributed by atoms with Crippen molar-refractivity contribution >= 4 is 16.9 Å². The Labute approximate surface area is 107 Å². The first-order valence-corrected chi connectivity index (χ1v) is 5.56. The first-order valence-electron chi connectivity index (χ1n) is 5.56. The fourth-order valence-electron chi connectivity index (χ4n) is 1.76. The minimum Gasteiger partial charge on any atom is -0.481 e. The van der Waals surface area contributed by atoms with Crippen LogP contribution in [0.5, 0.6) is 0 Å². The summed E-state index contributed by atoms with van der Waals surface area (Å²) in [5.41, 5.74) is -1.08. The summed E-state index contributed by atoms with van der Waals surface area (Å²) < 4.78 is 37.7. The lowest BCUT2D eigenvalue weighted by Gasteiger charge is -2.16. The van der Waals surface area contributed by atoms with E-state index in [-0.39, 0.29) is 0 Å². The average Bonchev–Trinajstić information content (AvgIpc) is 2.70. The molecule has 0 atom stereocenters. The SMILES string of the molecule is CC(C)(C(=O)O)c1cc2cc(C(F)(F)F)ccc2[nH]1. The second kappa shape index (κ2) is 4.01. The number of aromatic amines is 1. The topological polar surface area (TPSA) is 53.1 Å². The summed E-state index contributed by atoms with van der Waals surface area (Å²) in [7, 11) is 0. The Morgan fingerprint density at radius 2 is 1.84 bits per heavy atom. The summed E-state index contributed by atoms with van der Waals surface area (Å²) in [6, 6.07) is 4.72. The van der Waals surface area contributed by atoms with Crippen LogP contribution in [0.2, 0.25) is 0 Å². The maximum atomic E-state index is 12.6. The third kappa shape index (κ3) is 2.30. The quantitative estimate of drug-likeness (QED) is 0.877. The summed E-state index contributed by atoms with van der Waals surface area (Å²) in [5.74, 6) is -1.05. The van der Waals surface area contributed by atoms with E-state index < -0.39 is 23.1 Å². The molecule has 0 aliphatic rings. The fraction of sp³-hybridized carbons (Fsp3) is 0.308. The lowest BCUT2D eigenvalue weighted by atomic mass is 9.90. The van der Waals surface area contributed by atoms with E-state index in [2.05, 4.69) is 4.98 Å². The molecule has 1 aromatic carbocycles. The van der Waals surface area contributed by atoms with Crippen molar-refractivity contribution in [3.8, 4) is 0 Å². The van der Waals surface area contributed by atoms with Crippen LogP contribution in [-0.4, -0.2) is 16.1 Å². The Hall–Kier alpha value is -1.98. The molecule has 1 aromatic heterocycles. The number of aromatic nitrogens is 1. The number of carboxylic acid groups (broad SMARTS) is 1. The monoisotopic (exact) mass is 271 g/mol. The normalized spacial score (nSPS) is 12.9. The molecule has 0 radical (unpaired) electrons. The second-order valence-electron chi connectivity index (χ2n) is 4.91. The number of carbonyl (C=O) groups is 1. The molecule has 3 nitrogen and oxygen atoms in total. The van der Waals surface area contributed by atoms with Gasteiger partial charge in [0.15, 0.2) is 0 Å². The van der Waals surface area contributed by atoms with Gasteiger partial charge in [0, 0.05) is 16.6 Å². The third-order valence-corrected chi connectivity index (χ3v) is 3.16. The van der Waals surface area contributed by atoms with Crippen LogP contribution >= 0.6 is 0 Å². The van der Waals surface area contributed by atoms with Gasteiger partial charge in [0.25, 0.3) is 0 Å². The van der Waals surface area contributed by atoms with Gasteiger partial charge >= 0.3 is 12.1 Å². The highest BCUT2D eigenvalue weighted by Crippen LogP contribution is 2.33. The lowest BCUT2D eigenvalue weighted by Crippen LogP contribution is -2.28. The Kier molecular flexibility index (Phi) is 2.84. The molecule has 2 N–H and O–H groups in total. The number of rotatable bonds is 2. The van der Waals surface area contributed by atoms with Crippen LogP contribution < -0.4 is 0 Å². The lowest BCUT2D eigenvalue weighted by molar-refractivity contribution is -0.142. The largest absolute Gasteiger partial charge is 0.481 e. The van der Waals surface area contributed by atoms with Gasteiger partial charge in [-0.3, -0.25) is 4.79 Å². The molecule has 2 aromatic rings. The van der Waals surface area contributed by atoms with Gasteiger partial charge < -0.3 is 10.1 Å². The molecule has 102 valence electrons. The second-order valence-corrected chi connectivity index (χ2v) is 4.91. The summed E-state index contributed by atoms with van der Waals surface area (Å²) in [5, 5.41) is 9.45. The fourth-order valence-corrected chi connectivity index (χ4v) is 1.76. The summed E-state index contributed by atoms with van der Waals surface area (Å²) in [6.07, 6.45) is -4.41. The van der Waals surface area contributed by atoms with E-state index in [9.17, 15) is 18.0 Å². The molecule has 0 aliphatic heterocycles. The highest BCUT2D eigenvalue weighted by molar-refractivity contribution is 5.86. The van der Waals surface area contributed by atoms with E-state index in [1.807, 2.05) is 0 Å². The van der Waals surface area contributed by atoms with Crippen molar-refractivity contribution in [3.63, 3.8) is 0 Å². The molecule has 0 fully saturated rings. The number of halogens is 3. The van der Waals surface area contributed by atoms with Crippen molar-refractivity contribution in [2.24, 2.45) is 0 Å². The first-order chi connectivity index (χ1) is 8.62. The van der Waals surface area contributed by atoms with Crippen LogP contribution in [-0.2, 0) is 16.4 Å². The number of hydrogen-bond acceptors (Lipinski definition) is 1. The van der Waals surface area contributed by atoms with Crippen molar-refractivity contribution in [1.82, 2.24) is 4.98 Å². The molecular weight excluding hydrogens is 259 g/mol. The van der Waals surface area contributed by atoms with E-state index in [1.165, 1.54) is 26.0 Å². The smallest absolute Gasteiger partial charge is 0.416 e. The average molecular weight is 271 g/mol. The molecule has 19 heavy (non-hydrogen) atoms. The molecule has 0 aliphatic carbocycles. The molecule has 1 heterocycles. The molecule has 0 amide bonds. The highest BCUT2D eigenvalue weighted by Gasteiger charge is 2.33. The molecule has 0 spiro atoms. The number of alkyl halides is 3. The first kappa shape index (κ1) is 13.5. The standard InChI is InChI=1S/C13H12F3NO2/c1-12(2,11(18)19)10-6-7-5-8(13(14,15)16)3-4-9(7)17-10/h3-6,17H,1-2H3,(H,18,19). The summed E-state index contributed by atoms with van der Waals surface area (Å²) >= 11 is 0. The van der Waals surface area contributed by atoms with Crippen LogP contribution in [0.3, 0.4) is 0 Å². The minimum absolute atomic E-state index is 0.346. The van der Waals surface area contributed by atoms with Crippen LogP contribution in [0, 0.1) is 0 Å². The predicted octanol–water partition coefficient (Wildman–Crippen LogP) is 3.55. The maximum absolute atomic E-state index is 12.6. The zero-order valence-electron chi connectivity index (χ0n) is 10.3. The van der Waals surface area contributed by atoms with Gasteiger partial charge in [-0.05, 0) is 38.1 Å². The highest BCUT2D eigenvalue weighted by atomic mass is 19.4. The van der Waals surface area contributed by atoms with Gasteiger partial charge in [-0.25, -0.2) is 0 Å².